The van der Waals surface area contributed by atoms with Crippen molar-refractivity contribution in [1.82, 2.24) is 9.78 Å². The fourth-order valence-corrected chi connectivity index (χ4v) is 3.73. The molecule has 3 aromatic carbocycles. The zero-order chi connectivity index (χ0) is 24.4. The molecule has 1 aromatic heterocycles. The molecule has 1 aliphatic heterocycles. The average molecular weight is 492 g/mol. The first kappa shape index (κ1) is 22.7. The smallest absolute Gasteiger partial charge is 0.316 e. The van der Waals surface area contributed by atoms with E-state index in [-0.39, 0.29) is 24.7 Å². The predicted molar refractivity (Wildman–Crippen MR) is 130 cm³/mol. The summed E-state index contributed by atoms with van der Waals surface area (Å²) in [6.45, 7) is 0.110. The zero-order valence-corrected chi connectivity index (χ0v) is 19.0. The van der Waals surface area contributed by atoms with Gasteiger partial charge in [0.15, 0.2) is 0 Å². The molecular formula is C25H19ClFN5O3. The monoisotopic (exact) mass is 491 g/mol. The van der Waals surface area contributed by atoms with Crippen LogP contribution in [0.4, 0.5) is 10.1 Å². The number of hydrogen-bond donors (Lipinski definition) is 1. The summed E-state index contributed by atoms with van der Waals surface area (Å²) in [5.74, 6) is 0.110. The Bertz CT molecular complexity index is 1420. The lowest BCUT2D eigenvalue weighted by molar-refractivity contribution is 0.272. The number of anilines is 1. The van der Waals surface area contributed by atoms with E-state index >= 15 is 0 Å². The topological polar surface area (TPSA) is 92.3 Å². The molecule has 0 bridgehead atoms. The maximum atomic E-state index is 13.5. The fraction of sp³-hybridized carbons (Fsp3) is 0.120. The lowest BCUT2D eigenvalue weighted by Gasteiger charge is -2.18. The van der Waals surface area contributed by atoms with Gasteiger partial charge in [-0.25, -0.2) is 9.40 Å². The van der Waals surface area contributed by atoms with Crippen LogP contribution in [-0.2, 0) is 0 Å². The highest BCUT2D eigenvalue weighted by atomic mass is 35.5. The highest BCUT2D eigenvalue weighted by molar-refractivity contribution is 6.30. The minimum Gasteiger partial charge on any atom is -0.449 e. The molecule has 0 amide bonds. The van der Waals surface area contributed by atoms with Crippen LogP contribution in [0.3, 0.4) is 0 Å². The Morgan fingerprint density at radius 3 is 2.29 bits per heavy atom. The maximum absolute atomic E-state index is 13.5. The molecule has 1 unspecified atom stereocenters. The molecule has 0 saturated carbocycles. The summed E-state index contributed by atoms with van der Waals surface area (Å²) in [7, 11) is 0. The molecule has 1 atom stereocenters. The number of aliphatic hydroxyl groups excluding tert-OH is 1. The summed E-state index contributed by atoms with van der Waals surface area (Å²) in [6.07, 6.45) is 1.47. The van der Waals surface area contributed by atoms with Gasteiger partial charge in [-0.1, -0.05) is 41.1 Å². The number of hydrogen-bond acceptors (Lipinski definition) is 7. The third-order valence-electron chi connectivity index (χ3n) is 5.43. The van der Waals surface area contributed by atoms with Gasteiger partial charge in [0.2, 0.25) is 5.75 Å². The average Bonchev–Trinajstić information content (AvgIpc) is 3.36. The zero-order valence-electron chi connectivity index (χ0n) is 18.3. The van der Waals surface area contributed by atoms with Crippen molar-refractivity contribution in [1.29, 1.82) is 0 Å². The number of halogens is 2. The van der Waals surface area contributed by atoms with E-state index in [9.17, 15) is 14.3 Å². The summed E-state index contributed by atoms with van der Waals surface area (Å²) in [5.41, 5.74) is 2.04. The van der Waals surface area contributed by atoms with Crippen molar-refractivity contribution < 1.29 is 14.2 Å². The summed E-state index contributed by atoms with van der Waals surface area (Å²) in [4.78, 5) is 13.5. The second-order valence-corrected chi connectivity index (χ2v) is 8.25. The Kier molecular flexibility index (Phi) is 6.26. The minimum atomic E-state index is -0.505. The van der Waals surface area contributed by atoms with Gasteiger partial charge in [0.05, 0.1) is 25.0 Å². The summed E-state index contributed by atoms with van der Waals surface area (Å²) in [6, 6.07) is 19.5. The van der Waals surface area contributed by atoms with Crippen LogP contribution >= 0.6 is 11.6 Å². The van der Waals surface area contributed by atoms with Gasteiger partial charge in [0.1, 0.15) is 23.3 Å². The third kappa shape index (κ3) is 4.77. The molecule has 0 radical (unpaired) electrons. The first-order valence-corrected chi connectivity index (χ1v) is 11.1. The number of benzene rings is 3. The largest absolute Gasteiger partial charge is 0.449 e. The lowest BCUT2D eigenvalue weighted by atomic mass is 10.1. The van der Waals surface area contributed by atoms with Crippen LogP contribution in [-0.4, -0.2) is 34.1 Å². The highest BCUT2D eigenvalue weighted by Crippen LogP contribution is 2.32. The van der Waals surface area contributed by atoms with Crippen LogP contribution in [0.5, 0.6) is 11.5 Å². The van der Waals surface area contributed by atoms with Crippen molar-refractivity contribution in [3.05, 3.63) is 100 Å². The molecular weight excluding hydrogens is 473 g/mol. The lowest BCUT2D eigenvalue weighted by Crippen LogP contribution is -2.28. The van der Waals surface area contributed by atoms with Crippen molar-refractivity contribution >= 4 is 17.3 Å². The predicted octanol–water partition coefficient (Wildman–Crippen LogP) is 5.03. The summed E-state index contributed by atoms with van der Waals surface area (Å²) in [5, 5.41) is 23.8. The van der Waals surface area contributed by atoms with Crippen molar-refractivity contribution in [2.24, 2.45) is 10.3 Å². The van der Waals surface area contributed by atoms with Crippen LogP contribution in [0.2, 0.25) is 5.02 Å². The van der Waals surface area contributed by atoms with Crippen molar-refractivity contribution in [3.63, 3.8) is 0 Å². The van der Waals surface area contributed by atoms with E-state index in [0.29, 0.717) is 22.1 Å². The second kappa shape index (κ2) is 9.65. The molecule has 5 rings (SSSR count). The summed E-state index contributed by atoms with van der Waals surface area (Å²) < 4.78 is 20.5. The van der Waals surface area contributed by atoms with Gasteiger partial charge >= 0.3 is 5.56 Å². The van der Waals surface area contributed by atoms with Crippen LogP contribution in [0.25, 0.3) is 16.8 Å². The standard InChI is InChI=1S/C25H19ClFN5O3/c26-18-5-9-21(10-6-18)32-25(34)24(23(13-28-32)31-14-20(15-33)29-30-31)35-22-11-3-17(4-12-22)16-1-7-19(27)8-2-16/h1-13,20,33H,14-15H2. The van der Waals surface area contributed by atoms with E-state index in [1.54, 1.807) is 48.5 Å². The van der Waals surface area contributed by atoms with Gasteiger partial charge in [-0.2, -0.15) is 14.9 Å². The van der Waals surface area contributed by atoms with Gasteiger partial charge in [-0.3, -0.25) is 4.79 Å². The SMILES string of the molecule is O=c1c(Oc2ccc(-c3ccc(F)cc3)cc2)c(N2CC(CO)N=N2)cnn1-c1ccc(Cl)cc1. The molecule has 10 heteroatoms. The number of rotatable bonds is 6. The van der Waals surface area contributed by atoms with Crippen LogP contribution in [0.1, 0.15) is 0 Å². The van der Waals surface area contributed by atoms with Crippen molar-refractivity contribution in [2.75, 3.05) is 18.2 Å². The van der Waals surface area contributed by atoms with E-state index in [2.05, 4.69) is 15.4 Å². The number of aromatic nitrogens is 2. The Morgan fingerprint density at radius 1 is 1.00 bits per heavy atom. The Balaban J connectivity index is 1.52. The molecule has 4 aromatic rings. The summed E-state index contributed by atoms with van der Waals surface area (Å²) >= 11 is 5.98. The first-order chi connectivity index (χ1) is 17.0. The fourth-order valence-electron chi connectivity index (χ4n) is 3.60. The molecule has 2 heterocycles. The molecule has 0 fully saturated rings. The van der Waals surface area contributed by atoms with E-state index < -0.39 is 11.6 Å². The van der Waals surface area contributed by atoms with Crippen molar-refractivity contribution in [2.45, 2.75) is 6.04 Å². The normalized spacial score (nSPS) is 14.9. The second-order valence-electron chi connectivity index (χ2n) is 7.81. The Labute approximate surface area is 204 Å². The molecule has 1 aliphatic rings. The quantitative estimate of drug-likeness (QED) is 0.408. The molecule has 1 N–H and O–H groups in total. The van der Waals surface area contributed by atoms with E-state index in [0.717, 1.165) is 11.1 Å². The van der Waals surface area contributed by atoms with Gasteiger partial charge in [0.25, 0.3) is 0 Å². The molecule has 0 aliphatic carbocycles. The van der Waals surface area contributed by atoms with Crippen LogP contribution in [0, 0.1) is 5.82 Å². The molecule has 176 valence electrons. The minimum absolute atomic E-state index is 0.00187. The molecule has 8 nitrogen and oxygen atoms in total. The van der Waals surface area contributed by atoms with Crippen LogP contribution in [0.15, 0.2) is 94.1 Å². The Morgan fingerprint density at radius 2 is 1.66 bits per heavy atom. The van der Waals surface area contributed by atoms with E-state index in [1.165, 1.54) is 28.0 Å². The van der Waals surface area contributed by atoms with Gasteiger partial charge < -0.3 is 9.84 Å². The first-order valence-electron chi connectivity index (χ1n) is 10.7. The Hall–Kier alpha value is -4.08. The van der Waals surface area contributed by atoms with Crippen molar-refractivity contribution in [3.8, 4) is 28.3 Å². The number of ether oxygens (including phenoxy) is 1. The van der Waals surface area contributed by atoms with Gasteiger partial charge in [0, 0.05) is 5.02 Å². The van der Waals surface area contributed by atoms with Gasteiger partial charge in [-0.15, -0.1) is 0 Å². The van der Waals surface area contributed by atoms with Gasteiger partial charge in [-0.05, 0) is 59.7 Å². The maximum Gasteiger partial charge on any atom is 0.316 e. The molecule has 0 saturated heterocycles. The molecule has 35 heavy (non-hydrogen) atoms. The third-order valence-corrected chi connectivity index (χ3v) is 5.69. The molecule has 0 spiro atoms. The van der Waals surface area contributed by atoms with E-state index in [1.807, 2.05) is 12.1 Å². The van der Waals surface area contributed by atoms with Crippen LogP contribution < -0.4 is 15.3 Å². The number of aliphatic hydroxyl groups is 1. The van der Waals surface area contributed by atoms with E-state index in [4.69, 9.17) is 16.3 Å². The number of nitrogens with zero attached hydrogens (tertiary/aromatic N) is 5. The highest BCUT2D eigenvalue weighted by Gasteiger charge is 2.26.